The van der Waals surface area contributed by atoms with Crippen LogP contribution in [0, 0.1) is 0 Å². The smallest absolute Gasteiger partial charge is 0.369 e. The number of hydrogen-bond donors (Lipinski definition) is 0. The standard InChI is InChI=1S/C9H7Cl2F5N4/c1-20(2)3-17-7-18-5(10)4(6(11)19-7)8(12,13)9(14,15)16/h3H,1-2H3/b17-3+. The lowest BCUT2D eigenvalue weighted by molar-refractivity contribution is -0.289. The highest BCUT2D eigenvalue weighted by Crippen LogP contribution is 2.48. The van der Waals surface area contributed by atoms with Gasteiger partial charge in [0.1, 0.15) is 15.9 Å². The second-order valence-corrected chi connectivity index (χ2v) is 4.48. The number of alkyl halides is 5. The summed E-state index contributed by atoms with van der Waals surface area (Å²) in [5.41, 5.74) is -1.70. The Morgan fingerprint density at radius 3 is 1.85 bits per heavy atom. The molecule has 1 aromatic rings. The first-order valence-electron chi connectivity index (χ1n) is 4.85. The van der Waals surface area contributed by atoms with E-state index < -0.39 is 33.9 Å². The van der Waals surface area contributed by atoms with Crippen molar-refractivity contribution in [2.75, 3.05) is 14.1 Å². The minimum absolute atomic E-state index is 0.435. The van der Waals surface area contributed by atoms with Crippen LogP contribution in [0.5, 0.6) is 0 Å². The average Bonchev–Trinajstić information content (AvgIpc) is 2.23. The molecule has 0 atom stereocenters. The highest BCUT2D eigenvalue weighted by molar-refractivity contribution is 6.34. The highest BCUT2D eigenvalue weighted by atomic mass is 35.5. The van der Waals surface area contributed by atoms with E-state index in [0.29, 0.717) is 0 Å². The highest BCUT2D eigenvalue weighted by Gasteiger charge is 2.61. The maximum absolute atomic E-state index is 13.2. The molecule has 0 bridgehead atoms. The van der Waals surface area contributed by atoms with Gasteiger partial charge in [0.15, 0.2) is 0 Å². The molecule has 0 spiro atoms. The molecule has 112 valence electrons. The predicted octanol–water partition coefficient (Wildman–Crippen LogP) is 3.66. The molecule has 0 N–H and O–H groups in total. The molecule has 0 aliphatic rings. The Morgan fingerprint density at radius 2 is 1.50 bits per heavy atom. The van der Waals surface area contributed by atoms with E-state index in [1.54, 1.807) is 14.1 Å². The summed E-state index contributed by atoms with van der Waals surface area (Å²) in [4.78, 5) is 11.6. The van der Waals surface area contributed by atoms with Crippen LogP contribution in [0.4, 0.5) is 27.9 Å². The molecule has 1 rings (SSSR count). The molecule has 1 heterocycles. The fourth-order valence-corrected chi connectivity index (χ4v) is 1.64. The van der Waals surface area contributed by atoms with Gasteiger partial charge in [0, 0.05) is 14.1 Å². The van der Waals surface area contributed by atoms with Gasteiger partial charge in [-0.05, 0) is 0 Å². The van der Waals surface area contributed by atoms with Crippen molar-refractivity contribution in [3.05, 3.63) is 15.9 Å². The first kappa shape index (κ1) is 16.8. The Bertz CT molecular complexity index is 507. The largest absolute Gasteiger partial charge is 0.458 e. The SMILES string of the molecule is CN(C)/C=N/c1nc(Cl)c(C(F)(F)C(F)(F)F)c(Cl)n1. The van der Waals surface area contributed by atoms with Crippen molar-refractivity contribution in [2.45, 2.75) is 12.1 Å². The summed E-state index contributed by atoms with van der Waals surface area (Å²) in [7, 11) is 3.19. The summed E-state index contributed by atoms with van der Waals surface area (Å²) < 4.78 is 63.2. The lowest BCUT2D eigenvalue weighted by Crippen LogP contribution is -2.34. The molecule has 0 saturated carbocycles. The first-order valence-corrected chi connectivity index (χ1v) is 5.61. The molecule has 11 heteroatoms. The summed E-state index contributed by atoms with van der Waals surface area (Å²) in [6.07, 6.45) is -4.67. The predicted molar refractivity (Wildman–Crippen MR) is 63.8 cm³/mol. The molecule has 0 fully saturated rings. The molecule has 0 unspecified atom stereocenters. The van der Waals surface area contributed by atoms with Crippen LogP contribution in [-0.2, 0) is 5.92 Å². The van der Waals surface area contributed by atoms with Crippen LogP contribution in [0.1, 0.15) is 5.56 Å². The van der Waals surface area contributed by atoms with Crippen molar-refractivity contribution < 1.29 is 22.0 Å². The monoisotopic (exact) mass is 336 g/mol. The van der Waals surface area contributed by atoms with E-state index in [-0.39, 0.29) is 0 Å². The van der Waals surface area contributed by atoms with E-state index in [4.69, 9.17) is 23.2 Å². The molecule has 0 aliphatic heterocycles. The van der Waals surface area contributed by atoms with Crippen molar-refractivity contribution in [3.63, 3.8) is 0 Å². The zero-order valence-electron chi connectivity index (χ0n) is 10.0. The second-order valence-electron chi connectivity index (χ2n) is 3.76. The van der Waals surface area contributed by atoms with Crippen LogP contribution in [0.15, 0.2) is 4.99 Å². The Balaban J connectivity index is 3.33. The summed E-state index contributed by atoms with van der Waals surface area (Å²) >= 11 is 10.7. The molecular formula is C9H7Cl2F5N4. The fourth-order valence-electron chi connectivity index (χ4n) is 1.02. The van der Waals surface area contributed by atoms with Crippen molar-refractivity contribution in [1.29, 1.82) is 0 Å². The van der Waals surface area contributed by atoms with Crippen molar-refractivity contribution in [2.24, 2.45) is 4.99 Å². The van der Waals surface area contributed by atoms with Crippen LogP contribution < -0.4 is 0 Å². The number of nitrogens with zero attached hydrogens (tertiary/aromatic N) is 4. The van der Waals surface area contributed by atoms with E-state index in [2.05, 4.69) is 15.0 Å². The maximum Gasteiger partial charge on any atom is 0.458 e. The zero-order chi connectivity index (χ0) is 15.7. The third-order valence-corrected chi connectivity index (χ3v) is 2.43. The molecule has 0 saturated heterocycles. The Morgan fingerprint density at radius 1 is 1.05 bits per heavy atom. The van der Waals surface area contributed by atoms with Crippen LogP contribution in [-0.4, -0.2) is 41.5 Å². The summed E-state index contributed by atoms with van der Waals surface area (Å²) in [6, 6.07) is 0. The van der Waals surface area contributed by atoms with Gasteiger partial charge in [0.05, 0.1) is 6.34 Å². The topological polar surface area (TPSA) is 41.4 Å². The third-order valence-electron chi connectivity index (χ3n) is 1.88. The van der Waals surface area contributed by atoms with Crippen molar-refractivity contribution in [1.82, 2.24) is 14.9 Å². The number of aliphatic imine (C=N–C) groups is 1. The van der Waals surface area contributed by atoms with Crippen molar-refractivity contribution in [3.8, 4) is 0 Å². The molecule has 4 nitrogen and oxygen atoms in total. The van der Waals surface area contributed by atoms with Gasteiger partial charge in [-0.1, -0.05) is 23.2 Å². The Kier molecular flexibility index (Phi) is 4.75. The van der Waals surface area contributed by atoms with Crippen LogP contribution in [0.25, 0.3) is 0 Å². The Hall–Kier alpha value is -1.22. The first-order chi connectivity index (χ1) is 8.96. The fraction of sp³-hybridized carbons (Fsp3) is 0.444. The van der Waals surface area contributed by atoms with Gasteiger partial charge in [0.25, 0.3) is 5.95 Å². The minimum atomic E-state index is -5.86. The van der Waals surface area contributed by atoms with Gasteiger partial charge in [-0.3, -0.25) is 0 Å². The number of hydrogen-bond acceptors (Lipinski definition) is 3. The molecular weight excluding hydrogens is 330 g/mol. The van der Waals surface area contributed by atoms with E-state index in [0.717, 1.165) is 0 Å². The van der Waals surface area contributed by atoms with E-state index in [1.807, 2.05) is 0 Å². The Labute approximate surface area is 120 Å². The molecule has 0 aliphatic carbocycles. The van der Waals surface area contributed by atoms with E-state index in [9.17, 15) is 22.0 Å². The van der Waals surface area contributed by atoms with Gasteiger partial charge >= 0.3 is 12.1 Å². The zero-order valence-corrected chi connectivity index (χ0v) is 11.5. The van der Waals surface area contributed by atoms with Crippen molar-refractivity contribution >= 4 is 35.5 Å². The summed E-state index contributed by atoms with van der Waals surface area (Å²) in [5.74, 6) is -5.69. The summed E-state index contributed by atoms with van der Waals surface area (Å²) in [5, 5.41) is -2.23. The minimum Gasteiger partial charge on any atom is -0.369 e. The van der Waals surface area contributed by atoms with Gasteiger partial charge in [-0.15, -0.1) is 0 Å². The molecule has 20 heavy (non-hydrogen) atoms. The van der Waals surface area contributed by atoms with Crippen LogP contribution in [0.2, 0.25) is 10.3 Å². The number of rotatable bonds is 3. The average molecular weight is 337 g/mol. The molecule has 0 amide bonds. The van der Waals surface area contributed by atoms with Gasteiger partial charge in [-0.25, -0.2) is 4.99 Å². The molecule has 0 aromatic carbocycles. The normalized spacial score (nSPS) is 13.1. The maximum atomic E-state index is 13.2. The van der Waals surface area contributed by atoms with Gasteiger partial charge in [0.2, 0.25) is 0 Å². The van der Waals surface area contributed by atoms with Gasteiger partial charge in [-0.2, -0.15) is 31.9 Å². The summed E-state index contributed by atoms with van der Waals surface area (Å²) in [6.45, 7) is 0. The lowest BCUT2D eigenvalue weighted by atomic mass is 10.2. The van der Waals surface area contributed by atoms with E-state index in [1.165, 1.54) is 11.2 Å². The van der Waals surface area contributed by atoms with Crippen LogP contribution in [0.3, 0.4) is 0 Å². The third kappa shape index (κ3) is 3.45. The number of halogens is 7. The number of aromatic nitrogens is 2. The second kappa shape index (κ2) is 5.65. The molecule has 0 radical (unpaired) electrons. The van der Waals surface area contributed by atoms with Gasteiger partial charge < -0.3 is 4.90 Å². The lowest BCUT2D eigenvalue weighted by Gasteiger charge is -2.20. The van der Waals surface area contributed by atoms with E-state index >= 15 is 0 Å². The van der Waals surface area contributed by atoms with Crippen LogP contribution >= 0.6 is 23.2 Å². The molecule has 1 aromatic heterocycles. The quantitative estimate of drug-likeness (QED) is 0.366.